The zero-order chi connectivity index (χ0) is 12.8. The summed E-state index contributed by atoms with van der Waals surface area (Å²) in [5.41, 5.74) is 0.966. The molecule has 1 aliphatic rings. The number of hydrogen-bond acceptors (Lipinski definition) is 1. The first kappa shape index (κ1) is 14.0. The zero-order valence-corrected chi connectivity index (χ0v) is 11.6. The van der Waals surface area contributed by atoms with Crippen LogP contribution in [0.25, 0.3) is 0 Å². The van der Waals surface area contributed by atoms with Crippen LogP contribution in [-0.2, 0) is 4.79 Å². The molecule has 0 heterocycles. The summed E-state index contributed by atoms with van der Waals surface area (Å²) < 4.78 is 0. The number of rotatable bonds is 5. The number of hydrogen-bond donors (Lipinski definition) is 0. The molecular formula is C15H25NO. The van der Waals surface area contributed by atoms with Gasteiger partial charge in [0.25, 0.3) is 0 Å². The van der Waals surface area contributed by atoms with Crippen LogP contribution in [0.2, 0.25) is 0 Å². The number of amides is 1. The molecule has 1 amide bonds. The Bertz CT molecular complexity index is 303. The van der Waals surface area contributed by atoms with E-state index < -0.39 is 0 Å². The van der Waals surface area contributed by atoms with Crippen LogP contribution in [0.5, 0.6) is 0 Å². The van der Waals surface area contributed by atoms with Crippen LogP contribution in [0.4, 0.5) is 0 Å². The summed E-state index contributed by atoms with van der Waals surface area (Å²) in [6.07, 6.45) is 7.97. The molecule has 2 heteroatoms. The van der Waals surface area contributed by atoms with Gasteiger partial charge in [-0.15, -0.1) is 0 Å². The molecule has 0 spiro atoms. The normalized spacial score (nSPS) is 15.3. The van der Waals surface area contributed by atoms with Crippen LogP contribution in [0.1, 0.15) is 40.5 Å². The topological polar surface area (TPSA) is 20.3 Å². The minimum absolute atomic E-state index is 0.233. The number of nitrogens with zero attached hydrogens (tertiary/aromatic N) is 1. The van der Waals surface area contributed by atoms with Crippen molar-refractivity contribution in [2.75, 3.05) is 13.1 Å². The Balaban J connectivity index is 2.70. The van der Waals surface area contributed by atoms with Crippen LogP contribution in [-0.4, -0.2) is 23.9 Å². The molecule has 0 radical (unpaired) electrons. The summed E-state index contributed by atoms with van der Waals surface area (Å²) >= 11 is 0. The molecule has 96 valence electrons. The van der Waals surface area contributed by atoms with Crippen molar-refractivity contribution in [2.24, 2.45) is 11.8 Å². The highest BCUT2D eigenvalue weighted by Crippen LogP contribution is 2.16. The SMILES string of the molecule is CC(C)CN(CC(C)C)C(=O)C1=CC=CCC1. The summed E-state index contributed by atoms with van der Waals surface area (Å²) in [5.74, 6) is 1.28. The second-order valence-electron chi connectivity index (χ2n) is 5.66. The van der Waals surface area contributed by atoms with E-state index in [1.807, 2.05) is 17.1 Å². The Kier molecular flexibility index (Phi) is 5.46. The Hall–Kier alpha value is -1.05. The highest BCUT2D eigenvalue weighted by Gasteiger charge is 2.19. The van der Waals surface area contributed by atoms with Crippen LogP contribution < -0.4 is 0 Å². The van der Waals surface area contributed by atoms with Gasteiger partial charge < -0.3 is 4.90 Å². The van der Waals surface area contributed by atoms with Gasteiger partial charge in [0.05, 0.1) is 0 Å². The van der Waals surface area contributed by atoms with Crippen molar-refractivity contribution in [1.29, 1.82) is 0 Å². The zero-order valence-electron chi connectivity index (χ0n) is 11.6. The number of carbonyl (C=O) groups excluding carboxylic acids is 1. The Labute approximate surface area is 105 Å². The number of carbonyl (C=O) groups is 1. The molecule has 17 heavy (non-hydrogen) atoms. The van der Waals surface area contributed by atoms with Crippen LogP contribution in [0, 0.1) is 11.8 Å². The third-order valence-electron chi connectivity index (χ3n) is 2.75. The molecule has 0 N–H and O–H groups in total. The summed E-state index contributed by atoms with van der Waals surface area (Å²) in [6.45, 7) is 10.4. The molecule has 1 rings (SSSR count). The predicted octanol–water partition coefficient (Wildman–Crippen LogP) is 3.40. The van der Waals surface area contributed by atoms with E-state index in [4.69, 9.17) is 0 Å². The largest absolute Gasteiger partial charge is 0.338 e. The van der Waals surface area contributed by atoms with Gasteiger partial charge >= 0.3 is 0 Å². The van der Waals surface area contributed by atoms with E-state index in [9.17, 15) is 4.79 Å². The van der Waals surface area contributed by atoms with E-state index in [1.54, 1.807) is 0 Å². The number of allylic oxidation sites excluding steroid dienone is 3. The van der Waals surface area contributed by atoms with Gasteiger partial charge in [-0.3, -0.25) is 4.79 Å². The molecule has 0 bridgehead atoms. The molecule has 0 saturated carbocycles. The minimum atomic E-state index is 0.233. The van der Waals surface area contributed by atoms with E-state index >= 15 is 0 Å². The van der Waals surface area contributed by atoms with Gasteiger partial charge in [0.1, 0.15) is 0 Å². The molecule has 0 aliphatic heterocycles. The lowest BCUT2D eigenvalue weighted by Crippen LogP contribution is -2.38. The summed E-state index contributed by atoms with van der Waals surface area (Å²) in [7, 11) is 0. The van der Waals surface area contributed by atoms with E-state index in [-0.39, 0.29) is 5.91 Å². The van der Waals surface area contributed by atoms with Gasteiger partial charge in [0.2, 0.25) is 5.91 Å². The Morgan fingerprint density at radius 2 is 1.82 bits per heavy atom. The standard InChI is InChI=1S/C15H25NO/c1-12(2)10-16(11-13(3)4)15(17)14-8-6-5-7-9-14/h5-6,8,12-13H,7,9-11H2,1-4H3. The van der Waals surface area contributed by atoms with E-state index in [0.717, 1.165) is 31.5 Å². The molecule has 0 aromatic rings. The summed E-state index contributed by atoms with van der Waals surface area (Å²) in [5, 5.41) is 0. The molecule has 0 aromatic heterocycles. The fourth-order valence-corrected chi connectivity index (χ4v) is 2.11. The van der Waals surface area contributed by atoms with E-state index in [0.29, 0.717) is 11.8 Å². The average Bonchev–Trinajstić information content (AvgIpc) is 2.27. The molecule has 0 aromatic carbocycles. The molecular weight excluding hydrogens is 210 g/mol. The van der Waals surface area contributed by atoms with Crippen molar-refractivity contribution in [2.45, 2.75) is 40.5 Å². The third-order valence-corrected chi connectivity index (χ3v) is 2.75. The lowest BCUT2D eigenvalue weighted by molar-refractivity contribution is -0.128. The lowest BCUT2D eigenvalue weighted by atomic mass is 10.0. The molecule has 0 saturated heterocycles. The first-order chi connectivity index (χ1) is 8.00. The summed E-state index contributed by atoms with van der Waals surface area (Å²) in [6, 6.07) is 0. The van der Waals surface area contributed by atoms with Gasteiger partial charge in [0, 0.05) is 18.7 Å². The third kappa shape index (κ3) is 4.76. The maximum atomic E-state index is 12.4. The van der Waals surface area contributed by atoms with E-state index in [2.05, 4.69) is 33.8 Å². The van der Waals surface area contributed by atoms with E-state index in [1.165, 1.54) is 0 Å². The fourth-order valence-electron chi connectivity index (χ4n) is 2.11. The quantitative estimate of drug-likeness (QED) is 0.715. The monoisotopic (exact) mass is 235 g/mol. The van der Waals surface area contributed by atoms with Crippen molar-refractivity contribution >= 4 is 5.91 Å². The van der Waals surface area contributed by atoms with Crippen molar-refractivity contribution in [1.82, 2.24) is 4.90 Å². The van der Waals surface area contributed by atoms with Crippen molar-refractivity contribution in [3.63, 3.8) is 0 Å². The Morgan fingerprint density at radius 3 is 2.24 bits per heavy atom. The maximum Gasteiger partial charge on any atom is 0.249 e. The first-order valence-corrected chi connectivity index (χ1v) is 6.65. The van der Waals surface area contributed by atoms with Crippen LogP contribution in [0.15, 0.2) is 23.8 Å². The van der Waals surface area contributed by atoms with Gasteiger partial charge in [-0.2, -0.15) is 0 Å². The molecule has 2 nitrogen and oxygen atoms in total. The smallest absolute Gasteiger partial charge is 0.249 e. The first-order valence-electron chi connectivity index (χ1n) is 6.65. The van der Waals surface area contributed by atoms with Crippen LogP contribution in [0.3, 0.4) is 0 Å². The average molecular weight is 235 g/mol. The fraction of sp³-hybridized carbons (Fsp3) is 0.667. The second kappa shape index (κ2) is 6.63. The second-order valence-corrected chi connectivity index (χ2v) is 5.66. The van der Waals surface area contributed by atoms with Crippen molar-refractivity contribution < 1.29 is 4.79 Å². The predicted molar refractivity (Wildman–Crippen MR) is 72.7 cm³/mol. The van der Waals surface area contributed by atoms with Gasteiger partial charge in [0.15, 0.2) is 0 Å². The van der Waals surface area contributed by atoms with Gasteiger partial charge in [-0.05, 0) is 24.7 Å². The van der Waals surface area contributed by atoms with Crippen molar-refractivity contribution in [3.8, 4) is 0 Å². The molecule has 0 unspecified atom stereocenters. The Morgan fingerprint density at radius 1 is 1.24 bits per heavy atom. The highest BCUT2D eigenvalue weighted by atomic mass is 16.2. The summed E-state index contributed by atoms with van der Waals surface area (Å²) in [4.78, 5) is 14.4. The van der Waals surface area contributed by atoms with Crippen LogP contribution >= 0.6 is 0 Å². The van der Waals surface area contributed by atoms with Gasteiger partial charge in [-0.25, -0.2) is 0 Å². The van der Waals surface area contributed by atoms with Crippen molar-refractivity contribution in [3.05, 3.63) is 23.8 Å². The molecule has 1 aliphatic carbocycles. The molecule has 0 fully saturated rings. The lowest BCUT2D eigenvalue weighted by Gasteiger charge is -2.27. The highest BCUT2D eigenvalue weighted by molar-refractivity contribution is 5.94. The minimum Gasteiger partial charge on any atom is -0.338 e. The maximum absolute atomic E-state index is 12.4. The molecule has 0 atom stereocenters. The van der Waals surface area contributed by atoms with Gasteiger partial charge in [-0.1, -0.05) is 45.9 Å².